The van der Waals surface area contributed by atoms with Crippen molar-refractivity contribution in [1.82, 2.24) is 4.98 Å². The summed E-state index contributed by atoms with van der Waals surface area (Å²) in [5.41, 5.74) is 1.18. The summed E-state index contributed by atoms with van der Waals surface area (Å²) in [6.45, 7) is 16.9. The van der Waals surface area contributed by atoms with Crippen LogP contribution in [0.15, 0.2) is 40.9 Å². The van der Waals surface area contributed by atoms with E-state index >= 15 is 0 Å². The number of unbranched alkanes of at least 4 members (excludes halogenated alkanes) is 54. The maximum absolute atomic E-state index is 14.7. The minimum atomic E-state index is -0.468. The quantitative estimate of drug-likeness (QED) is 0.0531. The first-order valence-corrected chi connectivity index (χ1v) is 45.0. The molecule has 12 heteroatoms. The van der Waals surface area contributed by atoms with E-state index in [0.29, 0.717) is 90.0 Å². The van der Waals surface area contributed by atoms with E-state index in [1.807, 2.05) is 24.3 Å². The molecule has 2 N–H and O–H groups in total. The maximum Gasteiger partial charge on any atom is 0.274 e. The molecule has 0 fully saturated rings. The lowest BCUT2D eigenvalue weighted by atomic mass is 10.1. The molecule has 0 unspecified atom stereocenters. The Morgan fingerprint density at radius 1 is 0.252 bits per heavy atom. The van der Waals surface area contributed by atoms with Crippen molar-refractivity contribution in [2.24, 2.45) is 0 Å². The fourth-order valence-electron chi connectivity index (χ4n) is 13.7. The van der Waals surface area contributed by atoms with E-state index in [-0.39, 0.29) is 11.4 Å². The molecule has 592 valence electrons. The number of benzene rings is 2. The van der Waals surface area contributed by atoms with Gasteiger partial charge in [0, 0.05) is 40.1 Å². The van der Waals surface area contributed by atoms with E-state index in [2.05, 4.69) is 68.1 Å². The molecule has 0 spiro atoms. The predicted molar refractivity (Wildman–Crippen MR) is 445 cm³/mol. The highest BCUT2D eigenvalue weighted by Crippen LogP contribution is 2.43. The SMILES string of the molecule is CCCCCCCCCCCCOc1cc(NC(=O)c2cc(Br)cc(C(=O)Nc3cc(OCCCCCCCCCCCC)c(OCCCCCCCCCCCC)c(OCCCCCCCCCCCC)c3)n2)cc(OCCCCCCCCCCCC)c1OCCCCCCCCCCCC. The summed E-state index contributed by atoms with van der Waals surface area (Å²) in [4.78, 5) is 34.1. The van der Waals surface area contributed by atoms with Gasteiger partial charge >= 0.3 is 0 Å². The van der Waals surface area contributed by atoms with Crippen LogP contribution in [-0.4, -0.2) is 56.4 Å². The molecule has 0 aliphatic rings. The van der Waals surface area contributed by atoms with Crippen LogP contribution >= 0.6 is 15.9 Å². The second kappa shape index (κ2) is 68.3. The molecule has 2 aromatic carbocycles. The third-order valence-electron chi connectivity index (χ3n) is 20.3. The number of hydrogen-bond donors (Lipinski definition) is 2. The number of carbonyl (C=O) groups is 2. The van der Waals surface area contributed by atoms with Gasteiger partial charge in [0.1, 0.15) is 11.4 Å². The second-order valence-corrected chi connectivity index (χ2v) is 31.2. The molecule has 0 aliphatic heterocycles. The first kappa shape index (κ1) is 93.0. The number of nitrogens with one attached hydrogen (secondary N) is 2. The van der Waals surface area contributed by atoms with Gasteiger partial charge in [0.25, 0.3) is 11.8 Å². The van der Waals surface area contributed by atoms with Crippen molar-refractivity contribution in [1.29, 1.82) is 0 Å². The van der Waals surface area contributed by atoms with Crippen LogP contribution in [0.5, 0.6) is 34.5 Å². The number of ether oxygens (including phenoxy) is 6. The summed E-state index contributed by atoms with van der Waals surface area (Å²) < 4.78 is 40.8. The van der Waals surface area contributed by atoms with Gasteiger partial charge in [0.05, 0.1) is 39.6 Å². The van der Waals surface area contributed by atoms with Gasteiger partial charge in [-0.2, -0.15) is 0 Å². The molecule has 0 saturated heterocycles. The molecule has 1 aromatic heterocycles. The number of pyridine rings is 1. The van der Waals surface area contributed by atoms with Crippen LogP contribution in [0, 0.1) is 0 Å². The lowest BCUT2D eigenvalue weighted by Gasteiger charge is -2.19. The Bertz CT molecular complexity index is 2200. The lowest BCUT2D eigenvalue weighted by molar-refractivity contribution is 0.101. The molecular weight excluding hydrogens is 1340 g/mol. The van der Waals surface area contributed by atoms with E-state index in [9.17, 15) is 9.59 Å². The molecule has 0 radical (unpaired) electrons. The molecule has 0 aliphatic carbocycles. The average Bonchev–Trinajstić information content (AvgIpc) is 0.820. The monoisotopic (exact) mass is 1500 g/mol. The molecule has 2 amide bonds. The summed E-state index contributed by atoms with van der Waals surface area (Å²) in [5.74, 6) is 2.52. The fourth-order valence-corrected chi connectivity index (χ4v) is 14.2. The van der Waals surface area contributed by atoms with Gasteiger partial charge in [0.15, 0.2) is 23.0 Å². The number of rotatable bonds is 76. The molecule has 3 rings (SSSR count). The Hall–Kier alpha value is -4.19. The number of amides is 2. The van der Waals surface area contributed by atoms with Crippen LogP contribution in [0.2, 0.25) is 0 Å². The molecule has 0 atom stereocenters. The molecule has 0 bridgehead atoms. The number of hydrogen-bond acceptors (Lipinski definition) is 9. The standard InChI is InChI=1S/C91H158BrN3O8/c1-7-13-19-25-31-37-43-49-55-61-67-98-84-75-80(76-85(99-68-62-56-50-44-38-32-26-20-14-8-2)88(84)102-71-65-59-53-47-41-35-29-23-17-11-5)93-90(96)82-73-79(92)74-83(95-82)91(97)94-81-77-86(100-69-63-57-51-45-39-33-27-21-15-9-3)89(103-72-66-60-54-48-42-36-30-24-18-12-6)87(78-81)101-70-64-58-52-46-40-34-28-22-16-10-4/h73-78H,7-72H2,1-6H3,(H,93,96)(H,94,97). The van der Waals surface area contributed by atoms with Gasteiger partial charge in [-0.05, 0) is 50.7 Å². The van der Waals surface area contributed by atoms with E-state index in [1.165, 1.54) is 308 Å². The number of nitrogens with zero attached hydrogens (tertiary/aromatic N) is 1. The van der Waals surface area contributed by atoms with Crippen LogP contribution < -0.4 is 39.1 Å². The van der Waals surface area contributed by atoms with Gasteiger partial charge in [-0.3, -0.25) is 9.59 Å². The number of halogens is 1. The third-order valence-corrected chi connectivity index (χ3v) is 20.8. The minimum absolute atomic E-state index is 0.0817. The molecule has 1 heterocycles. The molecule has 11 nitrogen and oxygen atoms in total. The van der Waals surface area contributed by atoms with Crippen LogP contribution in [0.4, 0.5) is 11.4 Å². The van der Waals surface area contributed by atoms with Gasteiger partial charge in [-0.1, -0.05) is 404 Å². The van der Waals surface area contributed by atoms with Gasteiger partial charge < -0.3 is 39.1 Å². The minimum Gasteiger partial charge on any atom is -0.489 e. The first-order valence-electron chi connectivity index (χ1n) is 44.2. The Balaban J connectivity index is 1.94. The van der Waals surface area contributed by atoms with Crippen LogP contribution in [-0.2, 0) is 0 Å². The van der Waals surface area contributed by atoms with E-state index in [0.717, 1.165) is 77.0 Å². The first-order chi connectivity index (χ1) is 50.8. The Kier molecular flexibility index (Phi) is 61.7. The van der Waals surface area contributed by atoms with E-state index in [1.54, 1.807) is 12.1 Å². The lowest BCUT2D eigenvalue weighted by Crippen LogP contribution is -2.19. The van der Waals surface area contributed by atoms with Crippen LogP contribution in [0.25, 0.3) is 0 Å². The average molecular weight is 1500 g/mol. The zero-order valence-electron chi connectivity index (χ0n) is 67.7. The molecule has 3 aromatic rings. The smallest absolute Gasteiger partial charge is 0.274 e. The highest BCUT2D eigenvalue weighted by Gasteiger charge is 2.23. The molecule has 103 heavy (non-hydrogen) atoms. The van der Waals surface area contributed by atoms with Gasteiger partial charge in [-0.15, -0.1) is 0 Å². The van der Waals surface area contributed by atoms with Crippen LogP contribution in [0.1, 0.15) is 448 Å². The van der Waals surface area contributed by atoms with E-state index < -0.39 is 11.8 Å². The largest absolute Gasteiger partial charge is 0.489 e. The number of aromatic nitrogens is 1. The van der Waals surface area contributed by atoms with Crippen LogP contribution in [0.3, 0.4) is 0 Å². The van der Waals surface area contributed by atoms with Gasteiger partial charge in [0.2, 0.25) is 11.5 Å². The maximum atomic E-state index is 14.7. The second-order valence-electron chi connectivity index (χ2n) is 30.3. The van der Waals surface area contributed by atoms with Gasteiger partial charge in [-0.25, -0.2) is 4.98 Å². The van der Waals surface area contributed by atoms with Crippen molar-refractivity contribution in [2.45, 2.75) is 427 Å². The summed E-state index contributed by atoms with van der Waals surface area (Å²) >= 11 is 3.66. The highest BCUT2D eigenvalue weighted by atomic mass is 79.9. The predicted octanol–water partition coefficient (Wildman–Crippen LogP) is 30.1. The summed E-state index contributed by atoms with van der Waals surface area (Å²) in [7, 11) is 0. The summed E-state index contributed by atoms with van der Waals surface area (Å²) in [5, 5.41) is 6.30. The summed E-state index contributed by atoms with van der Waals surface area (Å²) in [6, 6.07) is 10.8. The van der Waals surface area contributed by atoms with Crippen molar-refractivity contribution in [2.75, 3.05) is 50.3 Å². The molecular formula is C91H158BrN3O8. The fraction of sp³-hybridized carbons (Fsp3) is 0.791. The third kappa shape index (κ3) is 50.1. The Labute approximate surface area is 642 Å². The zero-order chi connectivity index (χ0) is 73.8. The topological polar surface area (TPSA) is 126 Å². The molecule has 0 saturated carbocycles. The van der Waals surface area contributed by atoms with Crippen molar-refractivity contribution in [3.05, 3.63) is 52.3 Å². The highest BCUT2D eigenvalue weighted by molar-refractivity contribution is 9.10. The number of carbonyl (C=O) groups excluding carboxylic acids is 2. The van der Waals surface area contributed by atoms with Crippen molar-refractivity contribution in [3.8, 4) is 34.5 Å². The zero-order valence-corrected chi connectivity index (χ0v) is 69.3. The Morgan fingerprint density at radius 2 is 0.417 bits per heavy atom. The van der Waals surface area contributed by atoms with Crippen molar-refractivity contribution < 1.29 is 38.0 Å². The number of anilines is 2. The van der Waals surface area contributed by atoms with Crippen molar-refractivity contribution in [3.63, 3.8) is 0 Å². The summed E-state index contributed by atoms with van der Waals surface area (Å²) in [6.07, 6.45) is 74.2. The normalized spacial score (nSPS) is 11.4. The van der Waals surface area contributed by atoms with Crippen molar-refractivity contribution >= 4 is 39.1 Å². The van der Waals surface area contributed by atoms with E-state index in [4.69, 9.17) is 33.4 Å². The Morgan fingerprint density at radius 3 is 0.602 bits per heavy atom.